The zero-order chi connectivity index (χ0) is 26.1. The predicted octanol–water partition coefficient (Wildman–Crippen LogP) is 3.79. The van der Waals surface area contributed by atoms with Gasteiger partial charge in [0.1, 0.15) is 12.6 Å². The minimum absolute atomic E-state index is 0.0903. The standard InChI is InChI=1S/C28H33N3O4S/c1-4-26(28(33)29-3)30(20-19-23-11-7-5-8-12-23)27(32)21-31(24-17-15-22(2)16-18-24)36(34,35)25-13-9-6-10-14-25/h5-18,26H,4,19-21H2,1-3H3,(H,29,33)/t26-/m1/s1. The summed E-state index contributed by atoms with van der Waals surface area (Å²) >= 11 is 0. The number of carbonyl (C=O) groups excluding carboxylic acids is 2. The summed E-state index contributed by atoms with van der Waals surface area (Å²) in [6.45, 7) is 3.59. The molecule has 0 saturated carbocycles. The van der Waals surface area contributed by atoms with Crippen LogP contribution in [0.1, 0.15) is 24.5 Å². The second-order valence-electron chi connectivity index (χ2n) is 8.52. The van der Waals surface area contributed by atoms with Gasteiger partial charge in [-0.25, -0.2) is 8.42 Å². The molecule has 0 bridgehead atoms. The highest BCUT2D eigenvalue weighted by Gasteiger charge is 2.33. The molecule has 0 aromatic heterocycles. The minimum Gasteiger partial charge on any atom is -0.357 e. The van der Waals surface area contributed by atoms with Gasteiger partial charge in [0.15, 0.2) is 0 Å². The lowest BCUT2D eigenvalue weighted by Gasteiger charge is -2.33. The van der Waals surface area contributed by atoms with Crippen LogP contribution >= 0.6 is 0 Å². The van der Waals surface area contributed by atoms with Crippen molar-refractivity contribution in [2.75, 3.05) is 24.4 Å². The molecule has 0 aliphatic rings. The first-order valence-corrected chi connectivity index (χ1v) is 13.4. The van der Waals surface area contributed by atoms with Crippen LogP contribution < -0.4 is 9.62 Å². The van der Waals surface area contributed by atoms with Crippen LogP contribution in [0.5, 0.6) is 0 Å². The molecule has 3 aromatic rings. The predicted molar refractivity (Wildman–Crippen MR) is 142 cm³/mol. The zero-order valence-electron chi connectivity index (χ0n) is 20.9. The summed E-state index contributed by atoms with van der Waals surface area (Å²) in [4.78, 5) is 28.0. The van der Waals surface area contributed by atoms with E-state index in [0.717, 1.165) is 15.4 Å². The Morgan fingerprint density at radius 3 is 2.03 bits per heavy atom. The zero-order valence-corrected chi connectivity index (χ0v) is 21.7. The highest BCUT2D eigenvalue weighted by molar-refractivity contribution is 7.92. The molecule has 0 radical (unpaired) electrons. The van der Waals surface area contributed by atoms with Crippen LogP contribution in [0.15, 0.2) is 89.8 Å². The molecule has 0 unspecified atom stereocenters. The third kappa shape index (κ3) is 6.51. The lowest BCUT2D eigenvalue weighted by atomic mass is 10.1. The Kier molecular flexibility index (Phi) is 9.25. The summed E-state index contributed by atoms with van der Waals surface area (Å²) in [6.07, 6.45) is 0.937. The van der Waals surface area contributed by atoms with E-state index in [1.807, 2.05) is 44.2 Å². The van der Waals surface area contributed by atoms with E-state index in [2.05, 4.69) is 5.32 Å². The van der Waals surface area contributed by atoms with Gasteiger partial charge in [0, 0.05) is 13.6 Å². The number of benzene rings is 3. The SMILES string of the molecule is CC[C@H](C(=O)NC)N(CCc1ccccc1)C(=O)CN(c1ccc(C)cc1)S(=O)(=O)c1ccccc1. The Labute approximate surface area is 213 Å². The van der Waals surface area contributed by atoms with E-state index in [4.69, 9.17) is 0 Å². The molecule has 3 aromatic carbocycles. The Hall–Kier alpha value is -3.65. The first-order chi connectivity index (χ1) is 17.3. The molecule has 0 spiro atoms. The molecule has 0 heterocycles. The maximum absolute atomic E-state index is 13.8. The van der Waals surface area contributed by atoms with Crippen LogP contribution in [0.4, 0.5) is 5.69 Å². The van der Waals surface area contributed by atoms with Gasteiger partial charge in [0.25, 0.3) is 10.0 Å². The van der Waals surface area contributed by atoms with Crippen molar-refractivity contribution in [1.29, 1.82) is 0 Å². The Balaban J connectivity index is 1.98. The topological polar surface area (TPSA) is 86.8 Å². The van der Waals surface area contributed by atoms with Gasteiger partial charge in [-0.15, -0.1) is 0 Å². The number of aryl methyl sites for hydroxylation is 1. The molecule has 0 fully saturated rings. The van der Waals surface area contributed by atoms with E-state index in [0.29, 0.717) is 18.5 Å². The van der Waals surface area contributed by atoms with E-state index in [1.165, 1.54) is 24.1 Å². The smallest absolute Gasteiger partial charge is 0.264 e. The Morgan fingerprint density at radius 1 is 0.889 bits per heavy atom. The summed E-state index contributed by atoms with van der Waals surface area (Å²) in [7, 11) is -2.50. The third-order valence-electron chi connectivity index (χ3n) is 6.05. The number of anilines is 1. The largest absolute Gasteiger partial charge is 0.357 e. The van der Waals surface area contributed by atoms with E-state index in [9.17, 15) is 18.0 Å². The van der Waals surface area contributed by atoms with Crippen molar-refractivity contribution in [3.63, 3.8) is 0 Å². The number of rotatable bonds is 11. The quantitative estimate of drug-likeness (QED) is 0.428. The first kappa shape index (κ1) is 26.9. The number of sulfonamides is 1. The molecule has 0 saturated heterocycles. The van der Waals surface area contributed by atoms with Crippen LogP contribution in [0, 0.1) is 6.92 Å². The summed E-state index contributed by atoms with van der Waals surface area (Å²) < 4.78 is 28.4. The second kappa shape index (κ2) is 12.4. The minimum atomic E-state index is -4.04. The van der Waals surface area contributed by atoms with Crippen molar-refractivity contribution in [2.45, 2.75) is 37.6 Å². The number of carbonyl (C=O) groups is 2. The molecule has 7 nitrogen and oxygen atoms in total. The van der Waals surface area contributed by atoms with Gasteiger partial charge in [-0.3, -0.25) is 13.9 Å². The molecular weight excluding hydrogens is 474 g/mol. The average Bonchev–Trinajstić information content (AvgIpc) is 2.90. The van der Waals surface area contributed by atoms with Crippen molar-refractivity contribution in [2.24, 2.45) is 0 Å². The fourth-order valence-electron chi connectivity index (χ4n) is 4.02. The molecule has 1 N–H and O–H groups in total. The van der Waals surface area contributed by atoms with Gasteiger partial charge in [-0.1, -0.05) is 73.2 Å². The number of hydrogen-bond donors (Lipinski definition) is 1. The third-order valence-corrected chi connectivity index (χ3v) is 7.84. The summed E-state index contributed by atoms with van der Waals surface area (Å²) in [5.74, 6) is -0.729. The molecular formula is C28H33N3O4S. The van der Waals surface area contributed by atoms with Gasteiger partial charge < -0.3 is 10.2 Å². The fourth-order valence-corrected chi connectivity index (χ4v) is 5.46. The molecule has 3 rings (SSSR count). The highest BCUT2D eigenvalue weighted by atomic mass is 32.2. The maximum atomic E-state index is 13.8. The number of hydrogen-bond acceptors (Lipinski definition) is 4. The summed E-state index contributed by atoms with van der Waals surface area (Å²) in [5, 5.41) is 2.63. The molecule has 190 valence electrons. The second-order valence-corrected chi connectivity index (χ2v) is 10.4. The van der Waals surface area contributed by atoms with Gasteiger partial charge in [-0.05, 0) is 49.6 Å². The highest BCUT2D eigenvalue weighted by Crippen LogP contribution is 2.25. The van der Waals surface area contributed by atoms with Crippen molar-refractivity contribution in [3.05, 3.63) is 96.1 Å². The van der Waals surface area contributed by atoms with Crippen molar-refractivity contribution < 1.29 is 18.0 Å². The summed E-state index contributed by atoms with van der Waals surface area (Å²) in [5.41, 5.74) is 2.38. The Morgan fingerprint density at radius 2 is 1.47 bits per heavy atom. The number of nitrogens with zero attached hydrogens (tertiary/aromatic N) is 2. The molecule has 1 atom stereocenters. The van der Waals surface area contributed by atoms with Crippen molar-refractivity contribution in [3.8, 4) is 0 Å². The first-order valence-electron chi connectivity index (χ1n) is 12.0. The van der Waals surface area contributed by atoms with Crippen LogP contribution in [-0.2, 0) is 26.0 Å². The normalized spacial score (nSPS) is 12.0. The van der Waals surface area contributed by atoms with E-state index in [-0.39, 0.29) is 17.3 Å². The van der Waals surface area contributed by atoms with Gasteiger partial charge in [0.05, 0.1) is 10.6 Å². The molecule has 0 aliphatic heterocycles. The van der Waals surface area contributed by atoms with Crippen molar-refractivity contribution in [1.82, 2.24) is 10.2 Å². The number of nitrogens with one attached hydrogen (secondary N) is 1. The van der Waals surface area contributed by atoms with Gasteiger partial charge >= 0.3 is 0 Å². The molecule has 8 heteroatoms. The van der Waals surface area contributed by atoms with Crippen LogP contribution in [0.3, 0.4) is 0 Å². The van der Waals surface area contributed by atoms with E-state index < -0.39 is 28.5 Å². The maximum Gasteiger partial charge on any atom is 0.264 e. The lowest BCUT2D eigenvalue weighted by Crippen LogP contribution is -2.52. The van der Waals surface area contributed by atoms with Gasteiger partial charge in [0.2, 0.25) is 11.8 Å². The molecule has 0 aliphatic carbocycles. The molecule has 36 heavy (non-hydrogen) atoms. The van der Waals surface area contributed by atoms with Crippen LogP contribution in [-0.4, -0.2) is 51.3 Å². The average molecular weight is 508 g/mol. The molecule has 2 amide bonds. The summed E-state index contributed by atoms with van der Waals surface area (Å²) in [6, 6.07) is 24.0. The van der Waals surface area contributed by atoms with Gasteiger partial charge in [-0.2, -0.15) is 0 Å². The van der Waals surface area contributed by atoms with Crippen LogP contribution in [0.25, 0.3) is 0 Å². The Bertz CT molecular complexity index is 1250. The van der Waals surface area contributed by atoms with E-state index >= 15 is 0 Å². The van der Waals surface area contributed by atoms with Crippen LogP contribution in [0.2, 0.25) is 0 Å². The lowest BCUT2D eigenvalue weighted by molar-refractivity contribution is -0.139. The number of amides is 2. The van der Waals surface area contributed by atoms with Crippen molar-refractivity contribution >= 4 is 27.5 Å². The monoisotopic (exact) mass is 507 g/mol. The number of likely N-dealkylation sites (N-methyl/N-ethyl adjacent to an activating group) is 1. The van der Waals surface area contributed by atoms with E-state index in [1.54, 1.807) is 42.5 Å². The fraction of sp³-hybridized carbons (Fsp3) is 0.286.